The molecular formula is C18H20N4O4S. The lowest BCUT2D eigenvalue weighted by Gasteiger charge is -2.13. The van der Waals surface area contributed by atoms with E-state index in [1.54, 1.807) is 7.11 Å². The lowest BCUT2D eigenvalue weighted by Crippen LogP contribution is -2.34. The molecule has 8 nitrogen and oxygen atoms in total. The summed E-state index contributed by atoms with van der Waals surface area (Å²) in [6, 6.07) is 6.10. The summed E-state index contributed by atoms with van der Waals surface area (Å²) in [5.74, 6) is -0.00534. The minimum absolute atomic E-state index is 0.123. The fourth-order valence-electron chi connectivity index (χ4n) is 2.73. The van der Waals surface area contributed by atoms with Gasteiger partial charge < -0.3 is 15.4 Å². The maximum Gasteiger partial charge on any atom is 0.324 e. The van der Waals surface area contributed by atoms with E-state index in [0.717, 1.165) is 21.9 Å². The molecule has 0 bridgehead atoms. The first-order chi connectivity index (χ1) is 13.0. The van der Waals surface area contributed by atoms with Crippen LogP contribution in [0.25, 0.3) is 0 Å². The van der Waals surface area contributed by atoms with Crippen molar-refractivity contribution in [3.05, 3.63) is 40.9 Å². The minimum atomic E-state index is -0.852. The quantitative estimate of drug-likeness (QED) is 0.706. The van der Waals surface area contributed by atoms with E-state index in [2.05, 4.69) is 15.6 Å². The Balaban J connectivity index is 1.53. The standard InChI is InChI=1S/C18H20N4O4S/c1-11-10-27-17(19-11)21-15(23)9-14-16(24)22(18(25)20-14)8-7-12-3-5-13(26-2)6-4-12/h3-6,10,14H,7-9H2,1-2H3,(H,20,25)(H,19,21,23)/t14-/m0/s1. The van der Waals surface area contributed by atoms with Crippen LogP contribution in [0.2, 0.25) is 0 Å². The molecular weight excluding hydrogens is 368 g/mol. The van der Waals surface area contributed by atoms with E-state index in [-0.39, 0.29) is 24.8 Å². The number of carbonyl (C=O) groups is 3. The van der Waals surface area contributed by atoms with Crippen LogP contribution in [0.3, 0.4) is 0 Å². The van der Waals surface area contributed by atoms with Crippen LogP contribution in [0, 0.1) is 6.92 Å². The molecule has 0 radical (unpaired) electrons. The summed E-state index contributed by atoms with van der Waals surface area (Å²) >= 11 is 1.31. The zero-order valence-corrected chi connectivity index (χ0v) is 15.8. The number of urea groups is 1. The highest BCUT2D eigenvalue weighted by atomic mass is 32.1. The van der Waals surface area contributed by atoms with Crippen LogP contribution < -0.4 is 15.4 Å². The number of aromatic nitrogens is 1. The van der Waals surface area contributed by atoms with E-state index >= 15 is 0 Å². The van der Waals surface area contributed by atoms with Gasteiger partial charge in [-0.15, -0.1) is 11.3 Å². The topological polar surface area (TPSA) is 101 Å². The Morgan fingerprint density at radius 2 is 2.07 bits per heavy atom. The number of amides is 4. The maximum atomic E-state index is 12.5. The molecule has 9 heteroatoms. The van der Waals surface area contributed by atoms with E-state index in [1.165, 1.54) is 11.3 Å². The van der Waals surface area contributed by atoms with Crippen molar-refractivity contribution in [2.24, 2.45) is 0 Å². The van der Waals surface area contributed by atoms with Crippen LogP contribution in [0.4, 0.5) is 9.93 Å². The second-order valence-electron chi connectivity index (χ2n) is 6.14. The first-order valence-corrected chi connectivity index (χ1v) is 9.31. The molecule has 1 aliphatic heterocycles. The molecule has 2 N–H and O–H groups in total. The molecule has 27 heavy (non-hydrogen) atoms. The summed E-state index contributed by atoms with van der Waals surface area (Å²) in [4.78, 5) is 41.9. The number of anilines is 1. The van der Waals surface area contributed by atoms with E-state index < -0.39 is 12.1 Å². The third-order valence-electron chi connectivity index (χ3n) is 4.15. The molecule has 1 atom stereocenters. The van der Waals surface area contributed by atoms with Gasteiger partial charge >= 0.3 is 6.03 Å². The van der Waals surface area contributed by atoms with Crippen molar-refractivity contribution < 1.29 is 19.1 Å². The summed E-state index contributed by atoms with van der Waals surface area (Å²) in [5.41, 5.74) is 1.79. The summed E-state index contributed by atoms with van der Waals surface area (Å²) < 4.78 is 5.11. The van der Waals surface area contributed by atoms with Gasteiger partial charge in [0.15, 0.2) is 5.13 Å². The molecule has 0 saturated carbocycles. The second-order valence-corrected chi connectivity index (χ2v) is 6.99. The van der Waals surface area contributed by atoms with Crippen LogP contribution in [0.1, 0.15) is 17.7 Å². The van der Waals surface area contributed by atoms with E-state index in [4.69, 9.17) is 4.74 Å². The van der Waals surface area contributed by atoms with Crippen LogP contribution >= 0.6 is 11.3 Å². The predicted molar refractivity (Wildman–Crippen MR) is 101 cm³/mol. The molecule has 1 aliphatic rings. The van der Waals surface area contributed by atoms with Crippen molar-refractivity contribution in [1.82, 2.24) is 15.2 Å². The zero-order valence-electron chi connectivity index (χ0n) is 15.0. The van der Waals surface area contributed by atoms with Gasteiger partial charge in [0.1, 0.15) is 11.8 Å². The molecule has 142 valence electrons. The summed E-state index contributed by atoms with van der Waals surface area (Å²) in [7, 11) is 1.59. The number of ether oxygens (including phenoxy) is 1. The first-order valence-electron chi connectivity index (χ1n) is 8.43. The van der Waals surface area contributed by atoms with Crippen molar-refractivity contribution in [2.75, 3.05) is 19.0 Å². The van der Waals surface area contributed by atoms with Gasteiger partial charge in [-0.2, -0.15) is 0 Å². The fourth-order valence-corrected chi connectivity index (χ4v) is 3.43. The number of thiazole rings is 1. The summed E-state index contributed by atoms with van der Waals surface area (Å²) in [6.07, 6.45) is 0.405. The number of rotatable bonds is 7. The van der Waals surface area contributed by atoms with Gasteiger partial charge in [-0.05, 0) is 31.0 Å². The number of hydrogen-bond acceptors (Lipinski definition) is 6. The van der Waals surface area contributed by atoms with Gasteiger partial charge in [0.25, 0.3) is 5.91 Å². The number of aryl methyl sites for hydroxylation is 1. The zero-order chi connectivity index (χ0) is 19.4. The number of imide groups is 1. The Hall–Kier alpha value is -2.94. The van der Waals surface area contributed by atoms with Gasteiger partial charge in [-0.1, -0.05) is 12.1 Å². The van der Waals surface area contributed by atoms with Crippen molar-refractivity contribution in [3.63, 3.8) is 0 Å². The Morgan fingerprint density at radius 1 is 1.33 bits per heavy atom. The highest BCUT2D eigenvalue weighted by molar-refractivity contribution is 7.13. The molecule has 1 saturated heterocycles. The predicted octanol–water partition coefficient (Wildman–Crippen LogP) is 1.95. The molecule has 0 spiro atoms. The average Bonchev–Trinajstić information content (AvgIpc) is 3.16. The highest BCUT2D eigenvalue weighted by Crippen LogP contribution is 2.17. The van der Waals surface area contributed by atoms with Gasteiger partial charge in [0.05, 0.1) is 19.2 Å². The fraction of sp³-hybridized carbons (Fsp3) is 0.333. The maximum absolute atomic E-state index is 12.5. The van der Waals surface area contributed by atoms with Crippen LogP contribution in [0.15, 0.2) is 29.6 Å². The number of benzene rings is 1. The number of nitrogens with one attached hydrogen (secondary N) is 2. The molecule has 1 aromatic heterocycles. The monoisotopic (exact) mass is 388 g/mol. The smallest absolute Gasteiger partial charge is 0.324 e. The molecule has 3 rings (SSSR count). The van der Waals surface area contributed by atoms with Crippen molar-refractivity contribution >= 4 is 34.3 Å². The van der Waals surface area contributed by atoms with Gasteiger partial charge in [-0.3, -0.25) is 14.5 Å². The second kappa shape index (κ2) is 8.17. The average molecular weight is 388 g/mol. The van der Waals surface area contributed by atoms with E-state index in [9.17, 15) is 14.4 Å². The highest BCUT2D eigenvalue weighted by Gasteiger charge is 2.38. The summed E-state index contributed by atoms with van der Waals surface area (Å²) in [5, 5.41) is 7.51. The van der Waals surface area contributed by atoms with E-state index in [1.807, 2.05) is 36.6 Å². The number of nitrogens with zero attached hydrogens (tertiary/aromatic N) is 2. The summed E-state index contributed by atoms with van der Waals surface area (Å²) in [6.45, 7) is 2.08. The number of methoxy groups -OCH3 is 1. The van der Waals surface area contributed by atoms with Crippen LogP contribution in [-0.2, 0) is 16.0 Å². The minimum Gasteiger partial charge on any atom is -0.497 e. The normalized spacial score (nSPS) is 16.4. The SMILES string of the molecule is COc1ccc(CCN2C(=O)N[C@@H](CC(=O)Nc3nc(C)cs3)C2=O)cc1. The lowest BCUT2D eigenvalue weighted by atomic mass is 10.1. The Labute approximate surface area is 160 Å². The van der Waals surface area contributed by atoms with Gasteiger partial charge in [0.2, 0.25) is 5.91 Å². The molecule has 2 aromatic rings. The van der Waals surface area contributed by atoms with Crippen LogP contribution in [-0.4, -0.2) is 47.4 Å². The largest absolute Gasteiger partial charge is 0.497 e. The molecule has 4 amide bonds. The van der Waals surface area contributed by atoms with E-state index in [0.29, 0.717) is 11.6 Å². The Kier molecular flexibility index (Phi) is 5.70. The van der Waals surface area contributed by atoms with Crippen molar-refractivity contribution in [2.45, 2.75) is 25.8 Å². The van der Waals surface area contributed by atoms with Gasteiger partial charge in [-0.25, -0.2) is 9.78 Å². The van der Waals surface area contributed by atoms with Crippen LogP contribution in [0.5, 0.6) is 5.75 Å². The Bertz CT molecular complexity index is 849. The molecule has 0 unspecified atom stereocenters. The molecule has 1 aromatic carbocycles. The molecule has 1 fully saturated rings. The lowest BCUT2D eigenvalue weighted by molar-refractivity contribution is -0.129. The molecule has 0 aliphatic carbocycles. The van der Waals surface area contributed by atoms with Gasteiger partial charge in [0, 0.05) is 11.9 Å². The molecule has 2 heterocycles. The third-order valence-corrected chi connectivity index (χ3v) is 5.02. The number of hydrogen-bond donors (Lipinski definition) is 2. The third kappa shape index (κ3) is 4.62. The van der Waals surface area contributed by atoms with Crippen molar-refractivity contribution in [1.29, 1.82) is 0 Å². The van der Waals surface area contributed by atoms with Crippen molar-refractivity contribution in [3.8, 4) is 5.75 Å². The first kappa shape index (κ1) is 18.8. The number of carbonyl (C=O) groups excluding carboxylic acids is 3. The Morgan fingerprint density at radius 3 is 2.70 bits per heavy atom.